The van der Waals surface area contributed by atoms with E-state index >= 15 is 0 Å². The van der Waals surface area contributed by atoms with Gasteiger partial charge in [-0.15, -0.1) is 0 Å². The first-order valence-corrected chi connectivity index (χ1v) is 6.84. The van der Waals surface area contributed by atoms with Crippen LogP contribution in [0.15, 0.2) is 18.3 Å². The first-order valence-electron chi connectivity index (χ1n) is 6.84. The van der Waals surface area contributed by atoms with Crippen LogP contribution in [0.2, 0.25) is 0 Å². The van der Waals surface area contributed by atoms with Crippen molar-refractivity contribution in [2.45, 2.75) is 39.5 Å². The number of piperidine rings is 1. The fourth-order valence-electron chi connectivity index (χ4n) is 2.84. The van der Waals surface area contributed by atoms with E-state index in [9.17, 15) is 0 Å². The first-order chi connectivity index (χ1) is 8.73. The van der Waals surface area contributed by atoms with Gasteiger partial charge in [-0.25, -0.2) is 4.98 Å². The van der Waals surface area contributed by atoms with Crippen LogP contribution in [0.1, 0.15) is 45.2 Å². The molecular formula is C15H21N3. The Morgan fingerprint density at radius 1 is 1.28 bits per heavy atom. The summed E-state index contributed by atoms with van der Waals surface area (Å²) < 4.78 is 0. The Balaban J connectivity index is 2.03. The summed E-state index contributed by atoms with van der Waals surface area (Å²) in [7, 11) is 0. The zero-order valence-corrected chi connectivity index (χ0v) is 11.3. The Hall–Kier alpha value is -1.56. The Morgan fingerprint density at radius 2 is 1.94 bits per heavy atom. The Kier molecular flexibility index (Phi) is 3.86. The molecule has 0 amide bonds. The maximum Gasteiger partial charge on any atom is 0.140 e. The summed E-state index contributed by atoms with van der Waals surface area (Å²) in [5.41, 5.74) is 2.19. The van der Waals surface area contributed by atoms with E-state index < -0.39 is 0 Å². The van der Waals surface area contributed by atoms with E-state index in [1.807, 2.05) is 12.3 Å². The summed E-state index contributed by atoms with van der Waals surface area (Å²) in [6.45, 7) is 6.83. The molecule has 1 saturated heterocycles. The predicted octanol–water partition coefficient (Wildman–Crippen LogP) is 3.36. The van der Waals surface area contributed by atoms with Gasteiger partial charge in [0.05, 0.1) is 11.9 Å². The van der Waals surface area contributed by atoms with Gasteiger partial charge < -0.3 is 4.90 Å². The molecular weight excluding hydrogens is 222 g/mol. The van der Waals surface area contributed by atoms with Gasteiger partial charge in [0.15, 0.2) is 0 Å². The standard InChI is InChI=1S/C15H21N3/c1-3-15(4-2)7-9-18(10-8-15)14-6-5-13(11-16)17-12-14/h5-6,12H,3-4,7-10H2,1-2H3. The predicted molar refractivity (Wildman–Crippen MR) is 73.4 cm³/mol. The van der Waals surface area contributed by atoms with Crippen LogP contribution < -0.4 is 4.90 Å². The molecule has 2 rings (SSSR count). The molecule has 3 heteroatoms. The lowest BCUT2D eigenvalue weighted by Gasteiger charge is -2.41. The van der Waals surface area contributed by atoms with Crippen LogP contribution in [0.3, 0.4) is 0 Å². The maximum absolute atomic E-state index is 8.75. The van der Waals surface area contributed by atoms with E-state index in [-0.39, 0.29) is 0 Å². The van der Waals surface area contributed by atoms with Gasteiger partial charge in [-0.2, -0.15) is 5.26 Å². The van der Waals surface area contributed by atoms with Crippen molar-refractivity contribution in [3.05, 3.63) is 24.0 Å². The number of pyridine rings is 1. The second kappa shape index (κ2) is 5.39. The largest absolute Gasteiger partial charge is 0.370 e. The molecule has 0 N–H and O–H groups in total. The molecule has 1 aromatic rings. The SMILES string of the molecule is CCC1(CC)CCN(c2ccc(C#N)nc2)CC1. The monoisotopic (exact) mass is 243 g/mol. The van der Waals surface area contributed by atoms with Crippen molar-refractivity contribution in [1.82, 2.24) is 4.98 Å². The molecule has 1 fully saturated rings. The molecule has 96 valence electrons. The molecule has 0 atom stereocenters. The second-order valence-corrected chi connectivity index (χ2v) is 5.21. The Morgan fingerprint density at radius 3 is 2.39 bits per heavy atom. The van der Waals surface area contributed by atoms with Crippen LogP contribution in [-0.2, 0) is 0 Å². The van der Waals surface area contributed by atoms with Crippen LogP contribution >= 0.6 is 0 Å². The number of nitriles is 1. The lowest BCUT2D eigenvalue weighted by Crippen LogP contribution is -2.39. The molecule has 0 bridgehead atoms. The maximum atomic E-state index is 8.75. The van der Waals surface area contributed by atoms with E-state index in [4.69, 9.17) is 5.26 Å². The third kappa shape index (κ3) is 2.48. The van der Waals surface area contributed by atoms with Crippen LogP contribution in [0, 0.1) is 16.7 Å². The molecule has 2 heterocycles. The highest BCUT2D eigenvalue weighted by atomic mass is 15.1. The third-order valence-electron chi connectivity index (χ3n) is 4.55. The summed E-state index contributed by atoms with van der Waals surface area (Å²) in [6.07, 6.45) is 6.91. The number of nitrogens with zero attached hydrogens (tertiary/aromatic N) is 3. The van der Waals surface area contributed by atoms with Gasteiger partial charge in [0.25, 0.3) is 0 Å². The van der Waals surface area contributed by atoms with Gasteiger partial charge in [0, 0.05) is 13.1 Å². The fourth-order valence-corrected chi connectivity index (χ4v) is 2.84. The van der Waals surface area contributed by atoms with E-state index in [1.165, 1.54) is 25.7 Å². The molecule has 0 radical (unpaired) electrons. The highest BCUT2D eigenvalue weighted by Crippen LogP contribution is 2.38. The van der Waals surface area contributed by atoms with E-state index in [2.05, 4.69) is 29.8 Å². The first kappa shape index (κ1) is 12.9. The van der Waals surface area contributed by atoms with E-state index in [0.29, 0.717) is 11.1 Å². The van der Waals surface area contributed by atoms with Gasteiger partial charge in [0.2, 0.25) is 0 Å². The highest BCUT2D eigenvalue weighted by Gasteiger charge is 2.31. The van der Waals surface area contributed by atoms with Gasteiger partial charge in [-0.1, -0.05) is 26.7 Å². The fraction of sp³-hybridized carbons (Fsp3) is 0.600. The highest BCUT2D eigenvalue weighted by molar-refractivity contribution is 5.46. The average Bonchev–Trinajstić information content (AvgIpc) is 2.47. The minimum absolute atomic E-state index is 0.493. The van der Waals surface area contributed by atoms with Crippen molar-refractivity contribution in [1.29, 1.82) is 5.26 Å². The molecule has 1 aliphatic rings. The van der Waals surface area contributed by atoms with Gasteiger partial charge in [-0.3, -0.25) is 0 Å². The van der Waals surface area contributed by atoms with Crippen LogP contribution in [-0.4, -0.2) is 18.1 Å². The molecule has 0 unspecified atom stereocenters. The summed E-state index contributed by atoms with van der Waals surface area (Å²) in [5.74, 6) is 0. The van der Waals surface area contributed by atoms with Crippen molar-refractivity contribution in [2.75, 3.05) is 18.0 Å². The molecule has 0 aliphatic carbocycles. The smallest absolute Gasteiger partial charge is 0.140 e. The molecule has 1 aliphatic heterocycles. The summed E-state index contributed by atoms with van der Waals surface area (Å²) in [6, 6.07) is 5.87. The molecule has 18 heavy (non-hydrogen) atoms. The average molecular weight is 243 g/mol. The topological polar surface area (TPSA) is 39.9 Å². The summed E-state index contributed by atoms with van der Waals surface area (Å²) >= 11 is 0. The van der Waals surface area contributed by atoms with Crippen molar-refractivity contribution in [3.63, 3.8) is 0 Å². The van der Waals surface area contributed by atoms with Crippen LogP contribution in [0.5, 0.6) is 0 Å². The van der Waals surface area contributed by atoms with Gasteiger partial charge >= 0.3 is 0 Å². The van der Waals surface area contributed by atoms with Crippen molar-refractivity contribution in [3.8, 4) is 6.07 Å². The third-order valence-corrected chi connectivity index (χ3v) is 4.55. The van der Waals surface area contributed by atoms with Gasteiger partial charge in [0.1, 0.15) is 11.8 Å². The van der Waals surface area contributed by atoms with E-state index in [0.717, 1.165) is 18.8 Å². The minimum atomic E-state index is 0.493. The lowest BCUT2D eigenvalue weighted by atomic mass is 9.74. The molecule has 3 nitrogen and oxygen atoms in total. The van der Waals surface area contributed by atoms with E-state index in [1.54, 1.807) is 6.07 Å². The normalized spacial score (nSPS) is 18.4. The number of hydrogen-bond acceptors (Lipinski definition) is 3. The van der Waals surface area contributed by atoms with Gasteiger partial charge in [-0.05, 0) is 30.4 Å². The van der Waals surface area contributed by atoms with Crippen LogP contribution in [0.4, 0.5) is 5.69 Å². The number of hydrogen-bond donors (Lipinski definition) is 0. The zero-order valence-electron chi connectivity index (χ0n) is 11.3. The summed E-state index contributed by atoms with van der Waals surface area (Å²) in [4.78, 5) is 6.53. The minimum Gasteiger partial charge on any atom is -0.370 e. The lowest BCUT2D eigenvalue weighted by molar-refractivity contribution is 0.199. The zero-order chi connectivity index (χ0) is 13.0. The van der Waals surface area contributed by atoms with Crippen molar-refractivity contribution in [2.24, 2.45) is 5.41 Å². The molecule has 1 aromatic heterocycles. The van der Waals surface area contributed by atoms with Crippen molar-refractivity contribution >= 4 is 5.69 Å². The number of rotatable bonds is 3. The quantitative estimate of drug-likeness (QED) is 0.817. The number of anilines is 1. The molecule has 0 saturated carbocycles. The second-order valence-electron chi connectivity index (χ2n) is 5.21. The number of aromatic nitrogens is 1. The molecule has 0 aromatic carbocycles. The Bertz CT molecular complexity index is 416. The van der Waals surface area contributed by atoms with Crippen molar-refractivity contribution < 1.29 is 0 Å². The van der Waals surface area contributed by atoms with Crippen LogP contribution in [0.25, 0.3) is 0 Å². The Labute approximate surface area is 109 Å². The summed E-state index contributed by atoms with van der Waals surface area (Å²) in [5, 5.41) is 8.75. The molecule has 0 spiro atoms.